The first-order valence-electron chi connectivity index (χ1n) is 3.96. The first-order valence-corrected chi connectivity index (χ1v) is 5.40. The van der Waals surface area contributed by atoms with Gasteiger partial charge < -0.3 is 25.5 Å². The molecule has 4 atom stereocenters. The molecule has 0 aromatic rings. The molecule has 100 valence electrons. The van der Waals surface area contributed by atoms with Gasteiger partial charge >= 0.3 is 21.2 Å². The fourth-order valence-electron chi connectivity index (χ4n) is 0.812. The lowest BCUT2D eigenvalue weighted by Crippen LogP contribution is -2.51. The van der Waals surface area contributed by atoms with E-state index in [0.717, 1.165) is 0 Å². The number of rotatable bonds is 5. The van der Waals surface area contributed by atoms with Crippen molar-refractivity contribution in [3.63, 3.8) is 0 Å². The highest BCUT2D eigenvalue weighted by Crippen LogP contribution is 2.08. The Morgan fingerprint density at radius 1 is 0.882 bits per heavy atom. The largest absolute Gasteiger partial charge is 0.479 e. The number of aliphatic hydroxyl groups is 4. The maximum atomic E-state index is 10.7. The monoisotopic (exact) mass is 274 g/mol. The molecule has 0 aliphatic heterocycles. The fraction of sp³-hybridized carbons (Fsp3) is 0.667. The molecule has 11 heteroatoms. The van der Waals surface area contributed by atoms with Crippen LogP contribution in [-0.4, -0.2) is 74.0 Å². The molecular weight excluding hydrogens is 264 g/mol. The van der Waals surface area contributed by atoms with Crippen LogP contribution in [0.25, 0.3) is 0 Å². The molecule has 0 aromatic carbocycles. The van der Waals surface area contributed by atoms with Crippen LogP contribution in [0.1, 0.15) is 0 Å². The van der Waals surface area contributed by atoms with Gasteiger partial charge in [-0.05, 0) is 0 Å². The molecule has 0 aromatic heterocycles. The number of carbonyl (C=O) groups is 2. The number of aliphatic hydroxyl groups excluding tert-OH is 4. The molecule has 0 heterocycles. The van der Waals surface area contributed by atoms with Crippen molar-refractivity contribution in [2.75, 3.05) is 0 Å². The van der Waals surface area contributed by atoms with Crippen molar-refractivity contribution in [3.05, 3.63) is 0 Å². The Morgan fingerprint density at radius 3 is 1.53 bits per heavy atom. The summed E-state index contributed by atoms with van der Waals surface area (Å²) < 4.78 is 28.8. The standard InChI is InChI=1S/C6H10O10S/c7-1(3(9)5(11)12)2(8)4(10)6(13)17(14,15)16/h1-4,7-10H,(H,11,12)(H,14,15,16)/t1-,2-,3-,4+/m0/s1. The van der Waals surface area contributed by atoms with Crippen molar-refractivity contribution in [1.82, 2.24) is 0 Å². The molecule has 10 nitrogen and oxygen atoms in total. The number of carboxylic acids is 1. The van der Waals surface area contributed by atoms with Crippen molar-refractivity contribution < 1.29 is 48.1 Å². The number of hydrogen-bond donors (Lipinski definition) is 6. The summed E-state index contributed by atoms with van der Waals surface area (Å²) in [7, 11) is -5.32. The van der Waals surface area contributed by atoms with Crippen molar-refractivity contribution >= 4 is 21.2 Å². The van der Waals surface area contributed by atoms with Crippen molar-refractivity contribution in [2.45, 2.75) is 24.4 Å². The Kier molecular flexibility index (Phi) is 5.12. The third-order valence-corrected chi connectivity index (χ3v) is 2.50. The van der Waals surface area contributed by atoms with E-state index in [9.17, 15) is 18.0 Å². The lowest BCUT2D eigenvalue weighted by atomic mass is 10.0. The summed E-state index contributed by atoms with van der Waals surface area (Å²) in [5, 5.41) is 41.7. The van der Waals surface area contributed by atoms with Gasteiger partial charge in [-0.2, -0.15) is 8.42 Å². The van der Waals surface area contributed by atoms with E-state index in [1.807, 2.05) is 0 Å². The number of hydrogen-bond acceptors (Lipinski definition) is 8. The maximum Gasteiger partial charge on any atom is 0.335 e. The Hall–Kier alpha value is -1.11. The van der Waals surface area contributed by atoms with Gasteiger partial charge in [-0.1, -0.05) is 0 Å². The second-order valence-corrected chi connectivity index (χ2v) is 4.36. The van der Waals surface area contributed by atoms with Crippen molar-refractivity contribution in [2.24, 2.45) is 0 Å². The molecule has 0 saturated heterocycles. The molecule has 0 radical (unpaired) electrons. The fourth-order valence-corrected chi connectivity index (χ4v) is 1.26. The second kappa shape index (κ2) is 5.48. The summed E-state index contributed by atoms with van der Waals surface area (Å²) in [6.07, 6.45) is -10.5. The van der Waals surface area contributed by atoms with E-state index in [1.165, 1.54) is 0 Å². The average molecular weight is 274 g/mol. The zero-order valence-electron chi connectivity index (χ0n) is 8.03. The van der Waals surface area contributed by atoms with Gasteiger partial charge in [0.05, 0.1) is 0 Å². The summed E-state index contributed by atoms with van der Waals surface area (Å²) in [5.74, 6) is -1.97. The third kappa shape index (κ3) is 3.99. The number of aliphatic carboxylic acids is 1. The minimum Gasteiger partial charge on any atom is -0.479 e. The summed E-state index contributed by atoms with van der Waals surface area (Å²) in [6, 6.07) is 0. The lowest BCUT2D eigenvalue weighted by Gasteiger charge is -2.22. The van der Waals surface area contributed by atoms with E-state index in [2.05, 4.69) is 0 Å². The van der Waals surface area contributed by atoms with Crippen LogP contribution in [0.5, 0.6) is 0 Å². The van der Waals surface area contributed by atoms with Gasteiger partial charge in [-0.3, -0.25) is 9.35 Å². The topological polar surface area (TPSA) is 190 Å². The molecule has 0 fully saturated rings. The Balaban J connectivity index is 4.89. The second-order valence-electron chi connectivity index (χ2n) is 3.00. The van der Waals surface area contributed by atoms with Crippen LogP contribution in [0.4, 0.5) is 0 Å². The molecule has 0 spiro atoms. The average Bonchev–Trinajstić information content (AvgIpc) is 2.22. The molecular formula is C6H10O10S. The molecule has 0 unspecified atom stereocenters. The molecule has 0 amide bonds. The smallest absolute Gasteiger partial charge is 0.335 e. The van der Waals surface area contributed by atoms with Gasteiger partial charge in [0.2, 0.25) is 0 Å². The molecule has 0 aliphatic rings. The van der Waals surface area contributed by atoms with Gasteiger partial charge in [-0.15, -0.1) is 0 Å². The predicted octanol–water partition coefficient (Wildman–Crippen LogP) is -4.07. The summed E-state index contributed by atoms with van der Waals surface area (Å²) in [5.41, 5.74) is 0. The highest BCUT2D eigenvalue weighted by Gasteiger charge is 2.41. The van der Waals surface area contributed by atoms with Gasteiger partial charge in [0, 0.05) is 0 Å². The molecule has 0 aliphatic carbocycles. The van der Waals surface area contributed by atoms with Gasteiger partial charge in [0.25, 0.3) is 0 Å². The Bertz CT molecular complexity index is 399. The molecule has 17 heavy (non-hydrogen) atoms. The van der Waals surface area contributed by atoms with Crippen LogP contribution in [0.2, 0.25) is 0 Å². The van der Waals surface area contributed by atoms with Crippen LogP contribution in [-0.2, 0) is 19.7 Å². The Morgan fingerprint density at radius 2 is 1.24 bits per heavy atom. The van der Waals surface area contributed by atoms with Gasteiger partial charge in [-0.25, -0.2) is 4.79 Å². The molecule has 0 rings (SSSR count). The van der Waals surface area contributed by atoms with E-state index in [-0.39, 0.29) is 0 Å². The van der Waals surface area contributed by atoms with Crippen LogP contribution in [0.15, 0.2) is 0 Å². The molecule has 0 bridgehead atoms. The van der Waals surface area contributed by atoms with Crippen molar-refractivity contribution in [3.8, 4) is 0 Å². The zero-order valence-corrected chi connectivity index (χ0v) is 8.85. The highest BCUT2D eigenvalue weighted by molar-refractivity contribution is 8.01. The quantitative estimate of drug-likeness (QED) is 0.269. The number of carbonyl (C=O) groups excluding carboxylic acids is 1. The summed E-state index contributed by atoms with van der Waals surface area (Å²) in [6.45, 7) is 0. The summed E-state index contributed by atoms with van der Waals surface area (Å²) >= 11 is 0. The highest BCUT2D eigenvalue weighted by atomic mass is 32.2. The molecule has 6 N–H and O–H groups in total. The summed E-state index contributed by atoms with van der Waals surface area (Å²) in [4.78, 5) is 20.9. The van der Waals surface area contributed by atoms with E-state index >= 15 is 0 Å². The van der Waals surface area contributed by atoms with Crippen LogP contribution >= 0.6 is 0 Å². The van der Waals surface area contributed by atoms with Gasteiger partial charge in [0.15, 0.2) is 12.2 Å². The minimum atomic E-state index is -5.32. The lowest BCUT2D eigenvalue weighted by molar-refractivity contribution is -0.164. The van der Waals surface area contributed by atoms with Gasteiger partial charge in [0.1, 0.15) is 12.2 Å². The zero-order chi connectivity index (χ0) is 14.0. The first-order chi connectivity index (χ1) is 7.50. The number of carboxylic acid groups (broad SMARTS) is 1. The first kappa shape index (κ1) is 15.9. The van der Waals surface area contributed by atoms with E-state index in [4.69, 9.17) is 30.1 Å². The normalized spacial score (nSPS) is 19.1. The Labute approximate surface area is 94.5 Å². The van der Waals surface area contributed by atoms with E-state index in [0.29, 0.717) is 0 Å². The predicted molar refractivity (Wildman–Crippen MR) is 48.2 cm³/mol. The SMILES string of the molecule is O=C(O)[C@@H](O)[C@@H](O)[C@H](O)[C@@H](O)C(=O)S(=O)(=O)O. The minimum absolute atomic E-state index is 1.97. The third-order valence-electron chi connectivity index (χ3n) is 1.75. The van der Waals surface area contributed by atoms with Crippen LogP contribution < -0.4 is 0 Å². The van der Waals surface area contributed by atoms with Crippen LogP contribution in [0.3, 0.4) is 0 Å². The van der Waals surface area contributed by atoms with Crippen LogP contribution in [0, 0.1) is 0 Å². The van der Waals surface area contributed by atoms with E-state index < -0.39 is 45.6 Å². The maximum absolute atomic E-state index is 10.7. The van der Waals surface area contributed by atoms with Crippen molar-refractivity contribution in [1.29, 1.82) is 0 Å². The van der Waals surface area contributed by atoms with E-state index in [1.54, 1.807) is 0 Å². The molecule has 0 saturated carbocycles.